The highest BCUT2D eigenvalue weighted by Gasteiger charge is 2.02. The van der Waals surface area contributed by atoms with Crippen molar-refractivity contribution in [3.8, 4) is 0 Å². The number of hydrogen-bond acceptors (Lipinski definition) is 3. The summed E-state index contributed by atoms with van der Waals surface area (Å²) >= 11 is 0. The van der Waals surface area contributed by atoms with Gasteiger partial charge in [-0.3, -0.25) is 0 Å². The van der Waals surface area contributed by atoms with E-state index >= 15 is 0 Å². The van der Waals surface area contributed by atoms with Crippen molar-refractivity contribution < 1.29 is 0 Å². The lowest BCUT2D eigenvalue weighted by molar-refractivity contribution is 0.727. The van der Waals surface area contributed by atoms with Crippen LogP contribution >= 0.6 is 0 Å². The fourth-order valence-corrected chi connectivity index (χ4v) is 0.520. The highest BCUT2D eigenvalue weighted by atomic mass is 14.8. The minimum absolute atomic E-state index is 0.0231. The first kappa shape index (κ1) is 8.30. The molecule has 0 saturated carbocycles. The van der Waals surface area contributed by atoms with Crippen LogP contribution in [0.25, 0.3) is 0 Å². The Kier molecular flexibility index (Phi) is 3.09. The Hall–Kier alpha value is -0.700. The second kappa shape index (κ2) is 3.35. The van der Waals surface area contributed by atoms with Crippen molar-refractivity contribution in [3.05, 3.63) is 11.4 Å². The molecule has 0 heterocycles. The maximum atomic E-state index is 5.60. The Labute approximate surface area is 55.9 Å². The Morgan fingerprint density at radius 3 is 2.00 bits per heavy atom. The van der Waals surface area contributed by atoms with Gasteiger partial charge in [-0.1, -0.05) is 6.92 Å². The van der Waals surface area contributed by atoms with Crippen LogP contribution in [0.3, 0.4) is 0 Å². The zero-order valence-corrected chi connectivity index (χ0v) is 6.02. The zero-order valence-electron chi connectivity index (χ0n) is 6.02. The summed E-state index contributed by atoms with van der Waals surface area (Å²) in [5.41, 5.74) is 17.1. The van der Waals surface area contributed by atoms with E-state index in [1.165, 1.54) is 0 Å². The monoisotopic (exact) mass is 129 g/mol. The van der Waals surface area contributed by atoms with Gasteiger partial charge in [0, 0.05) is 6.04 Å². The van der Waals surface area contributed by atoms with E-state index in [2.05, 4.69) is 0 Å². The van der Waals surface area contributed by atoms with Gasteiger partial charge in [0.2, 0.25) is 0 Å². The molecule has 0 aromatic heterocycles. The van der Waals surface area contributed by atoms with Crippen molar-refractivity contribution in [2.45, 2.75) is 26.3 Å². The summed E-state index contributed by atoms with van der Waals surface area (Å²) < 4.78 is 0. The van der Waals surface area contributed by atoms with Crippen LogP contribution in [0.1, 0.15) is 20.3 Å². The molecule has 6 N–H and O–H groups in total. The van der Waals surface area contributed by atoms with E-state index in [0.717, 1.165) is 12.0 Å². The smallest absolute Gasteiger partial charge is 0.0938 e. The summed E-state index contributed by atoms with van der Waals surface area (Å²) in [5.74, 6) is 0.351. The molecule has 0 aromatic carbocycles. The van der Waals surface area contributed by atoms with Crippen LogP contribution in [0, 0.1) is 0 Å². The molecular formula is C6H15N3. The van der Waals surface area contributed by atoms with Crippen LogP contribution < -0.4 is 17.2 Å². The molecule has 0 bridgehead atoms. The minimum atomic E-state index is 0.0231. The van der Waals surface area contributed by atoms with Gasteiger partial charge < -0.3 is 17.2 Å². The van der Waals surface area contributed by atoms with Crippen molar-refractivity contribution in [2.75, 3.05) is 0 Å². The minimum Gasteiger partial charge on any atom is -0.386 e. The van der Waals surface area contributed by atoms with Crippen LogP contribution in [-0.2, 0) is 0 Å². The Morgan fingerprint density at radius 1 is 1.44 bits per heavy atom. The predicted octanol–water partition coefficient (Wildman–Crippen LogP) is -0.127. The maximum Gasteiger partial charge on any atom is 0.0938 e. The quantitative estimate of drug-likeness (QED) is 0.486. The average Bonchev–Trinajstić information content (AvgIpc) is 1.84. The SMILES string of the molecule is CCC(N)C(C)=C(N)N. The fraction of sp³-hybridized carbons (Fsp3) is 0.667. The van der Waals surface area contributed by atoms with Crippen LogP contribution in [0.5, 0.6) is 0 Å². The van der Waals surface area contributed by atoms with Gasteiger partial charge in [-0.05, 0) is 18.9 Å². The molecule has 1 atom stereocenters. The molecule has 3 heteroatoms. The molecule has 1 unspecified atom stereocenters. The van der Waals surface area contributed by atoms with Crippen LogP contribution in [0.2, 0.25) is 0 Å². The third-order valence-electron chi connectivity index (χ3n) is 1.45. The molecule has 54 valence electrons. The van der Waals surface area contributed by atoms with E-state index in [0.29, 0.717) is 5.82 Å². The Bertz CT molecular complexity index is 113. The topological polar surface area (TPSA) is 78.1 Å². The van der Waals surface area contributed by atoms with E-state index in [-0.39, 0.29) is 6.04 Å². The molecule has 0 rings (SSSR count). The van der Waals surface area contributed by atoms with E-state index < -0.39 is 0 Å². The fourth-order valence-electron chi connectivity index (χ4n) is 0.520. The first-order valence-corrected chi connectivity index (χ1v) is 3.06. The second-order valence-corrected chi connectivity index (χ2v) is 2.15. The van der Waals surface area contributed by atoms with Gasteiger partial charge in [-0.25, -0.2) is 0 Å². The van der Waals surface area contributed by atoms with Gasteiger partial charge in [0.25, 0.3) is 0 Å². The molecule has 0 aliphatic carbocycles. The molecule has 0 saturated heterocycles. The molecule has 0 amide bonds. The standard InChI is InChI=1S/C6H15N3/c1-3-5(7)4(2)6(8)9/h5H,3,7-9H2,1-2H3. The largest absolute Gasteiger partial charge is 0.386 e. The average molecular weight is 129 g/mol. The molecule has 9 heavy (non-hydrogen) atoms. The lowest BCUT2D eigenvalue weighted by atomic mass is 10.1. The summed E-state index contributed by atoms with van der Waals surface area (Å²) in [5, 5.41) is 0. The van der Waals surface area contributed by atoms with E-state index in [9.17, 15) is 0 Å². The van der Waals surface area contributed by atoms with Crippen LogP contribution in [-0.4, -0.2) is 6.04 Å². The van der Waals surface area contributed by atoms with Crippen molar-refractivity contribution in [1.82, 2.24) is 0 Å². The van der Waals surface area contributed by atoms with Crippen LogP contribution in [0.15, 0.2) is 11.4 Å². The molecule has 0 aliphatic rings. The lowest BCUT2D eigenvalue weighted by Crippen LogP contribution is -2.25. The number of nitrogens with two attached hydrogens (primary N) is 3. The van der Waals surface area contributed by atoms with Gasteiger partial charge in [0.05, 0.1) is 5.82 Å². The van der Waals surface area contributed by atoms with Crippen LogP contribution in [0.4, 0.5) is 0 Å². The van der Waals surface area contributed by atoms with Gasteiger partial charge >= 0.3 is 0 Å². The molecule has 0 radical (unpaired) electrons. The van der Waals surface area contributed by atoms with Gasteiger partial charge in [0.15, 0.2) is 0 Å². The third-order valence-corrected chi connectivity index (χ3v) is 1.45. The number of rotatable bonds is 2. The normalized spacial score (nSPS) is 12.8. The first-order chi connectivity index (χ1) is 4.09. The molecule has 0 spiro atoms. The summed E-state index contributed by atoms with van der Waals surface area (Å²) in [4.78, 5) is 0. The van der Waals surface area contributed by atoms with Gasteiger partial charge in [0.1, 0.15) is 0 Å². The van der Waals surface area contributed by atoms with Gasteiger partial charge in [-0.2, -0.15) is 0 Å². The third kappa shape index (κ3) is 2.37. The van der Waals surface area contributed by atoms with Crippen molar-refractivity contribution in [2.24, 2.45) is 17.2 Å². The van der Waals surface area contributed by atoms with E-state index in [1.807, 2.05) is 13.8 Å². The maximum absolute atomic E-state index is 5.60. The lowest BCUT2D eigenvalue weighted by Gasteiger charge is -2.09. The summed E-state index contributed by atoms with van der Waals surface area (Å²) in [6, 6.07) is 0.0231. The van der Waals surface area contributed by atoms with Crippen molar-refractivity contribution in [1.29, 1.82) is 0 Å². The number of hydrogen-bond donors (Lipinski definition) is 3. The Morgan fingerprint density at radius 2 is 1.89 bits per heavy atom. The molecule has 0 aliphatic heterocycles. The summed E-state index contributed by atoms with van der Waals surface area (Å²) in [6.07, 6.45) is 0.879. The van der Waals surface area contributed by atoms with E-state index in [1.54, 1.807) is 0 Å². The Balaban J connectivity index is 4.02. The van der Waals surface area contributed by atoms with Crippen molar-refractivity contribution >= 4 is 0 Å². The molecule has 3 nitrogen and oxygen atoms in total. The van der Waals surface area contributed by atoms with E-state index in [4.69, 9.17) is 17.2 Å². The second-order valence-electron chi connectivity index (χ2n) is 2.15. The highest BCUT2D eigenvalue weighted by Crippen LogP contribution is 2.01. The summed E-state index contributed by atoms with van der Waals surface area (Å²) in [7, 11) is 0. The molecular weight excluding hydrogens is 114 g/mol. The first-order valence-electron chi connectivity index (χ1n) is 3.06. The predicted molar refractivity (Wildman–Crippen MR) is 39.3 cm³/mol. The molecule has 0 fully saturated rings. The zero-order chi connectivity index (χ0) is 7.44. The van der Waals surface area contributed by atoms with Crippen molar-refractivity contribution in [3.63, 3.8) is 0 Å². The molecule has 0 aromatic rings. The summed E-state index contributed by atoms with van der Waals surface area (Å²) in [6.45, 7) is 3.85. The van der Waals surface area contributed by atoms with Gasteiger partial charge in [-0.15, -0.1) is 0 Å². The highest BCUT2D eigenvalue weighted by molar-refractivity contribution is 5.10.